The molecule has 0 radical (unpaired) electrons. The molecular weight excluding hydrogens is 504 g/mol. The monoisotopic (exact) mass is 535 g/mol. The zero-order chi connectivity index (χ0) is 27.4. The predicted molar refractivity (Wildman–Crippen MR) is 146 cm³/mol. The van der Waals surface area contributed by atoms with Crippen LogP contribution >= 0.6 is 0 Å². The largest absolute Gasteiger partial charge is 0.378 e. The van der Waals surface area contributed by atoms with E-state index in [0.29, 0.717) is 44.2 Å². The molecule has 2 aromatic heterocycles. The lowest BCUT2D eigenvalue weighted by Gasteiger charge is -2.30. The van der Waals surface area contributed by atoms with E-state index in [9.17, 15) is 18.4 Å². The maximum absolute atomic E-state index is 14.1. The molecule has 0 bridgehead atoms. The lowest BCUT2D eigenvalue weighted by molar-refractivity contribution is 0.0920. The number of benzene rings is 2. The molecule has 0 atom stereocenters. The molecule has 39 heavy (non-hydrogen) atoms. The molecular formula is C29H31F2N5O3. The van der Waals surface area contributed by atoms with Gasteiger partial charge in [0.2, 0.25) is 0 Å². The Labute approximate surface area is 224 Å². The highest BCUT2D eigenvalue weighted by Gasteiger charge is 2.28. The molecule has 204 valence electrons. The number of aromatic nitrogens is 2. The standard InChI is InChI=1S/C16H18FN3O2.C13H13FN2O/c1-10-12-8-11(17)9-13(19-4-6-22-7-5-19)15(12)20-3-2-18-16(21)14(10)20;1-7-5-9(14)6-10-8(2)12-13(17)15-3-4-16(12)11(7)10/h8-9H,2-7H2,1H3,(H,18,21);5-6H,3-4H2,1-2H3,(H,15,17). The van der Waals surface area contributed by atoms with Crippen LogP contribution in [-0.2, 0) is 17.8 Å². The summed E-state index contributed by atoms with van der Waals surface area (Å²) in [6, 6.07) is 6.14. The summed E-state index contributed by atoms with van der Waals surface area (Å²) in [5.41, 5.74) is 6.72. The van der Waals surface area contributed by atoms with E-state index in [-0.39, 0.29) is 23.4 Å². The Balaban J connectivity index is 0.000000147. The van der Waals surface area contributed by atoms with Gasteiger partial charge in [-0.3, -0.25) is 9.59 Å². The number of carbonyl (C=O) groups is 2. The van der Waals surface area contributed by atoms with Crippen LogP contribution in [0.3, 0.4) is 0 Å². The highest BCUT2D eigenvalue weighted by atomic mass is 19.1. The van der Waals surface area contributed by atoms with Gasteiger partial charge in [0.1, 0.15) is 23.0 Å². The molecule has 2 amide bonds. The predicted octanol–water partition coefficient (Wildman–Crippen LogP) is 3.81. The van der Waals surface area contributed by atoms with Crippen molar-refractivity contribution in [3.63, 3.8) is 0 Å². The number of amides is 2. The lowest BCUT2D eigenvalue weighted by Crippen LogP contribution is -2.37. The molecule has 0 unspecified atom stereocenters. The lowest BCUT2D eigenvalue weighted by atomic mass is 10.1. The third kappa shape index (κ3) is 4.14. The highest BCUT2D eigenvalue weighted by Crippen LogP contribution is 2.36. The number of anilines is 1. The highest BCUT2D eigenvalue weighted by molar-refractivity contribution is 6.06. The van der Waals surface area contributed by atoms with Gasteiger partial charge in [0, 0.05) is 50.0 Å². The quantitative estimate of drug-likeness (QED) is 0.389. The molecule has 3 aliphatic heterocycles. The first-order valence-corrected chi connectivity index (χ1v) is 13.3. The van der Waals surface area contributed by atoms with Crippen LogP contribution < -0.4 is 15.5 Å². The molecule has 0 saturated carbocycles. The number of fused-ring (bicyclic) bond motifs is 6. The maximum atomic E-state index is 14.1. The van der Waals surface area contributed by atoms with E-state index in [0.717, 1.165) is 63.8 Å². The van der Waals surface area contributed by atoms with Gasteiger partial charge in [-0.15, -0.1) is 0 Å². The molecule has 8 nitrogen and oxygen atoms in total. The maximum Gasteiger partial charge on any atom is 0.268 e. The van der Waals surface area contributed by atoms with Gasteiger partial charge < -0.3 is 29.4 Å². The molecule has 1 saturated heterocycles. The number of ether oxygens (including phenoxy) is 1. The van der Waals surface area contributed by atoms with Crippen molar-refractivity contribution in [2.45, 2.75) is 33.9 Å². The molecule has 2 aromatic carbocycles. The summed E-state index contributed by atoms with van der Waals surface area (Å²) in [5, 5.41) is 7.36. The summed E-state index contributed by atoms with van der Waals surface area (Å²) in [6.45, 7) is 11.1. The first-order chi connectivity index (χ1) is 18.8. The number of carbonyl (C=O) groups excluding carboxylic acids is 2. The van der Waals surface area contributed by atoms with E-state index in [2.05, 4.69) is 15.5 Å². The summed E-state index contributed by atoms with van der Waals surface area (Å²) in [4.78, 5) is 26.2. The molecule has 4 aromatic rings. The number of nitrogens with one attached hydrogen (secondary N) is 2. The van der Waals surface area contributed by atoms with E-state index in [1.165, 1.54) is 18.2 Å². The van der Waals surface area contributed by atoms with Crippen molar-refractivity contribution < 1.29 is 23.1 Å². The molecule has 10 heteroatoms. The third-order valence-corrected chi connectivity index (χ3v) is 7.94. The molecule has 0 aliphatic carbocycles. The minimum atomic E-state index is -0.263. The number of nitrogens with zero attached hydrogens (tertiary/aromatic N) is 3. The molecule has 7 rings (SSSR count). The van der Waals surface area contributed by atoms with Crippen LogP contribution in [0.5, 0.6) is 0 Å². The van der Waals surface area contributed by atoms with Crippen molar-refractivity contribution in [1.29, 1.82) is 0 Å². The minimum Gasteiger partial charge on any atom is -0.378 e. The Morgan fingerprint density at radius 2 is 1.23 bits per heavy atom. The van der Waals surface area contributed by atoms with Gasteiger partial charge in [-0.05, 0) is 61.7 Å². The van der Waals surface area contributed by atoms with Gasteiger partial charge in [0.05, 0.1) is 29.9 Å². The first kappa shape index (κ1) is 25.4. The summed E-state index contributed by atoms with van der Waals surface area (Å²) in [5.74, 6) is -0.653. The number of halogens is 2. The average molecular weight is 536 g/mol. The second kappa shape index (κ2) is 9.68. The van der Waals surface area contributed by atoms with E-state index in [1.54, 1.807) is 6.07 Å². The number of hydrogen-bond acceptors (Lipinski definition) is 4. The Bertz CT molecular complexity index is 1650. The molecule has 0 spiro atoms. The Hall–Kier alpha value is -3.92. The Kier molecular flexibility index (Phi) is 6.29. The van der Waals surface area contributed by atoms with Crippen molar-refractivity contribution in [3.05, 3.63) is 64.0 Å². The molecule has 1 fully saturated rings. The van der Waals surface area contributed by atoms with Crippen LogP contribution in [0, 0.1) is 32.4 Å². The number of rotatable bonds is 1. The zero-order valence-electron chi connectivity index (χ0n) is 22.3. The van der Waals surface area contributed by atoms with Crippen molar-refractivity contribution in [3.8, 4) is 0 Å². The van der Waals surface area contributed by atoms with Crippen LogP contribution in [0.1, 0.15) is 37.7 Å². The van der Waals surface area contributed by atoms with Crippen molar-refractivity contribution in [2.24, 2.45) is 0 Å². The van der Waals surface area contributed by atoms with Gasteiger partial charge >= 0.3 is 0 Å². The number of hydrogen-bond donors (Lipinski definition) is 2. The van der Waals surface area contributed by atoms with Gasteiger partial charge in [0.15, 0.2) is 0 Å². The SMILES string of the molecule is Cc1c2n(c3c(C)cc(F)cc13)CCNC2=O.Cc1c2n(c3c(N4CCOCC4)cc(F)cc13)CCNC2=O. The fraction of sp³-hybridized carbons (Fsp3) is 0.379. The van der Waals surface area contributed by atoms with Gasteiger partial charge in [0.25, 0.3) is 11.8 Å². The smallest absolute Gasteiger partial charge is 0.268 e. The van der Waals surface area contributed by atoms with Crippen LogP contribution in [0.25, 0.3) is 21.8 Å². The third-order valence-electron chi connectivity index (χ3n) is 7.94. The van der Waals surface area contributed by atoms with Crippen LogP contribution in [0.2, 0.25) is 0 Å². The van der Waals surface area contributed by atoms with Gasteiger partial charge in [-0.2, -0.15) is 0 Å². The second-order valence-corrected chi connectivity index (χ2v) is 10.3. The van der Waals surface area contributed by atoms with Gasteiger partial charge in [-0.1, -0.05) is 0 Å². The fourth-order valence-corrected chi connectivity index (χ4v) is 6.23. The Morgan fingerprint density at radius 3 is 1.82 bits per heavy atom. The summed E-state index contributed by atoms with van der Waals surface area (Å²) >= 11 is 0. The number of aryl methyl sites for hydroxylation is 3. The van der Waals surface area contributed by atoms with Crippen molar-refractivity contribution >= 4 is 39.3 Å². The van der Waals surface area contributed by atoms with E-state index in [4.69, 9.17) is 4.74 Å². The van der Waals surface area contributed by atoms with Crippen LogP contribution in [0.4, 0.5) is 14.5 Å². The Morgan fingerprint density at radius 1 is 0.718 bits per heavy atom. The first-order valence-electron chi connectivity index (χ1n) is 13.3. The fourth-order valence-electron chi connectivity index (χ4n) is 6.23. The van der Waals surface area contributed by atoms with Crippen molar-refractivity contribution in [1.82, 2.24) is 19.8 Å². The summed E-state index contributed by atoms with van der Waals surface area (Å²) in [7, 11) is 0. The molecule has 3 aliphatic rings. The normalized spacial score (nSPS) is 16.9. The van der Waals surface area contributed by atoms with E-state index < -0.39 is 0 Å². The van der Waals surface area contributed by atoms with Crippen LogP contribution in [-0.4, -0.2) is 60.3 Å². The number of morpholine rings is 1. The second-order valence-electron chi connectivity index (χ2n) is 10.3. The van der Waals surface area contributed by atoms with E-state index >= 15 is 0 Å². The van der Waals surface area contributed by atoms with Crippen molar-refractivity contribution in [2.75, 3.05) is 44.3 Å². The molecule has 5 heterocycles. The minimum absolute atomic E-state index is 0.0650. The summed E-state index contributed by atoms with van der Waals surface area (Å²) < 4.78 is 37.0. The zero-order valence-corrected chi connectivity index (χ0v) is 22.3. The van der Waals surface area contributed by atoms with Crippen LogP contribution in [0.15, 0.2) is 24.3 Å². The topological polar surface area (TPSA) is 80.5 Å². The van der Waals surface area contributed by atoms with E-state index in [1.807, 2.05) is 29.9 Å². The summed E-state index contributed by atoms with van der Waals surface area (Å²) in [6.07, 6.45) is 0. The van der Waals surface area contributed by atoms with Gasteiger partial charge in [-0.25, -0.2) is 8.78 Å². The average Bonchev–Trinajstić information content (AvgIpc) is 3.37. The molecule has 2 N–H and O–H groups in total.